The second kappa shape index (κ2) is 61.1. The van der Waals surface area contributed by atoms with E-state index in [9.17, 15) is 35.1 Å². The number of unbranched alkanes of at least 4 members (excludes halogenated alkanes) is 45. The number of aliphatic hydroxyl groups excluding tert-OH is 5. The number of esters is 1. The minimum atomic E-state index is -1.61. The van der Waals surface area contributed by atoms with Crippen molar-refractivity contribution in [1.29, 1.82) is 0 Å². The van der Waals surface area contributed by atoms with Crippen molar-refractivity contribution in [1.82, 2.24) is 5.32 Å². The van der Waals surface area contributed by atoms with Crippen LogP contribution in [-0.2, 0) is 23.8 Å². The van der Waals surface area contributed by atoms with Crippen molar-refractivity contribution in [3.63, 3.8) is 0 Å². The number of ether oxygens (including phenoxy) is 3. The van der Waals surface area contributed by atoms with E-state index in [-0.39, 0.29) is 13.0 Å². The molecule has 0 radical (unpaired) electrons. The topological polar surface area (TPSA) is 175 Å². The van der Waals surface area contributed by atoms with Crippen molar-refractivity contribution in [3.8, 4) is 0 Å². The Bertz CT molecular complexity index is 1510. The molecule has 0 bridgehead atoms. The molecule has 0 aliphatic carbocycles. The summed E-state index contributed by atoms with van der Waals surface area (Å²) in [6, 6.07) is -1.02. The Morgan fingerprint density at radius 1 is 0.452 bits per heavy atom. The number of nitrogens with one attached hydrogen (secondary N) is 1. The van der Waals surface area contributed by atoms with E-state index in [0.717, 1.165) is 70.6 Å². The summed E-state index contributed by atoms with van der Waals surface area (Å²) in [4.78, 5) is 26.7. The van der Waals surface area contributed by atoms with Gasteiger partial charge in [0.2, 0.25) is 5.91 Å². The summed E-state index contributed by atoms with van der Waals surface area (Å²) in [7, 11) is 0. The maximum absolute atomic E-state index is 13.5. The molecule has 1 aliphatic heterocycles. The predicted octanol–water partition coefficient (Wildman–Crippen LogP) is 18.6. The SMILES string of the molecule is CCCCCCCC/C=C/CCCCCCCCCCCCCCCCCCC(O)C(=O)NC(COC1OC(CO)C(O)C(O)C1OC(=O)CCCCCCCCC/C=C/CCCCCCCC)C(O)/C=C/CCCCCCCCCCCC. The lowest BCUT2D eigenvalue weighted by atomic mass is 9.99. The number of rotatable bonds is 63. The third-order valence-electron chi connectivity index (χ3n) is 17.3. The van der Waals surface area contributed by atoms with Gasteiger partial charge in [0.05, 0.1) is 25.4 Å². The van der Waals surface area contributed by atoms with Gasteiger partial charge in [-0.1, -0.05) is 308 Å². The lowest BCUT2D eigenvalue weighted by molar-refractivity contribution is -0.305. The van der Waals surface area contributed by atoms with Crippen LogP contribution in [0.4, 0.5) is 0 Å². The molecule has 11 nitrogen and oxygen atoms in total. The molecule has 8 atom stereocenters. The van der Waals surface area contributed by atoms with Crippen molar-refractivity contribution >= 4 is 11.9 Å². The van der Waals surface area contributed by atoms with E-state index < -0.39 is 67.4 Å². The van der Waals surface area contributed by atoms with Crippen LogP contribution in [0.15, 0.2) is 36.5 Å². The number of carbonyl (C=O) groups excluding carboxylic acids is 2. The Kier molecular flexibility index (Phi) is 58.1. The van der Waals surface area contributed by atoms with E-state index in [2.05, 4.69) is 50.4 Å². The van der Waals surface area contributed by atoms with E-state index in [1.165, 1.54) is 238 Å². The lowest BCUT2D eigenvalue weighted by Crippen LogP contribution is -2.61. The molecule has 11 heteroatoms. The molecule has 1 rings (SSSR count). The van der Waals surface area contributed by atoms with Gasteiger partial charge >= 0.3 is 5.97 Å². The normalized spacial score (nSPS) is 18.6. The van der Waals surface area contributed by atoms with E-state index in [1.807, 2.05) is 6.08 Å². The molecule has 6 N–H and O–H groups in total. The van der Waals surface area contributed by atoms with Crippen LogP contribution in [0.1, 0.15) is 355 Å². The van der Waals surface area contributed by atoms with Gasteiger partial charge in [0.25, 0.3) is 0 Å². The standard InChI is InChI=1S/C73H137NO10/c1-4-7-10-13-16-19-22-25-27-29-30-31-32-33-34-35-36-37-39-40-42-45-48-51-54-57-60-66(77)72(81)74-64(65(76)59-56-53-50-47-44-24-21-18-15-12-9-6-3)63-82-73-71(70(80)69(79)67(62-75)83-73)84-68(78)61-58-55-52-49-46-43-41-38-28-26-23-20-17-14-11-8-5-2/h25-28,56,59,64-67,69-71,73,75-77,79-80H,4-24,29-55,57-58,60-63H2,1-3H3,(H,74,81)/b27-25+,28-26+,59-56+. The molecule has 1 heterocycles. The van der Waals surface area contributed by atoms with E-state index >= 15 is 0 Å². The third kappa shape index (κ3) is 47.9. The molecule has 0 aromatic heterocycles. The number of aliphatic hydroxyl groups is 5. The Morgan fingerprint density at radius 3 is 1.15 bits per heavy atom. The van der Waals surface area contributed by atoms with Gasteiger partial charge in [-0.15, -0.1) is 0 Å². The van der Waals surface area contributed by atoms with Crippen molar-refractivity contribution in [2.24, 2.45) is 0 Å². The Morgan fingerprint density at radius 2 is 0.786 bits per heavy atom. The van der Waals surface area contributed by atoms with Gasteiger partial charge < -0.3 is 45.1 Å². The van der Waals surface area contributed by atoms with Gasteiger partial charge in [-0.25, -0.2) is 0 Å². The average molecular weight is 1190 g/mol. The number of allylic oxidation sites excluding steroid dienone is 5. The average Bonchev–Trinajstić information content (AvgIpc) is 3.67. The Hall–Kier alpha value is -2.12. The molecule has 8 unspecified atom stereocenters. The number of amides is 1. The zero-order chi connectivity index (χ0) is 61.0. The summed E-state index contributed by atoms with van der Waals surface area (Å²) in [6.07, 6.45) is 64.8. The fraction of sp³-hybridized carbons (Fsp3) is 0.890. The van der Waals surface area contributed by atoms with Gasteiger partial charge in [-0.3, -0.25) is 9.59 Å². The third-order valence-corrected chi connectivity index (χ3v) is 17.3. The van der Waals surface area contributed by atoms with Crippen molar-refractivity contribution in [2.45, 2.75) is 404 Å². The van der Waals surface area contributed by atoms with Crippen LogP contribution in [0.5, 0.6) is 0 Å². The maximum atomic E-state index is 13.5. The molecular formula is C73H137NO10. The van der Waals surface area contributed by atoms with Crippen molar-refractivity contribution < 1.29 is 49.3 Å². The molecule has 1 fully saturated rings. The van der Waals surface area contributed by atoms with Crippen LogP contribution in [-0.4, -0.2) is 99.6 Å². The molecule has 0 saturated carbocycles. The van der Waals surface area contributed by atoms with Crippen LogP contribution < -0.4 is 5.32 Å². The smallest absolute Gasteiger partial charge is 0.306 e. The van der Waals surface area contributed by atoms with Crippen LogP contribution in [0.25, 0.3) is 0 Å². The largest absolute Gasteiger partial charge is 0.454 e. The highest BCUT2D eigenvalue weighted by atomic mass is 16.7. The summed E-state index contributed by atoms with van der Waals surface area (Å²) >= 11 is 0. The van der Waals surface area contributed by atoms with Gasteiger partial charge in [-0.2, -0.15) is 0 Å². The first-order chi connectivity index (χ1) is 41.2. The molecule has 494 valence electrons. The molecule has 1 saturated heterocycles. The van der Waals surface area contributed by atoms with Crippen molar-refractivity contribution in [2.75, 3.05) is 13.2 Å². The molecule has 1 amide bonds. The second-order valence-electron chi connectivity index (χ2n) is 25.3. The predicted molar refractivity (Wildman–Crippen MR) is 352 cm³/mol. The minimum absolute atomic E-state index is 0.122. The first-order valence-corrected chi connectivity index (χ1v) is 36.3. The second-order valence-corrected chi connectivity index (χ2v) is 25.3. The van der Waals surface area contributed by atoms with Crippen LogP contribution in [0, 0.1) is 0 Å². The molecule has 0 aromatic carbocycles. The fourth-order valence-electron chi connectivity index (χ4n) is 11.5. The highest BCUT2D eigenvalue weighted by Crippen LogP contribution is 2.26. The lowest BCUT2D eigenvalue weighted by Gasteiger charge is -2.41. The highest BCUT2D eigenvalue weighted by Gasteiger charge is 2.47. The first-order valence-electron chi connectivity index (χ1n) is 36.3. The monoisotopic (exact) mass is 1190 g/mol. The number of hydrogen-bond acceptors (Lipinski definition) is 10. The van der Waals surface area contributed by atoms with Crippen molar-refractivity contribution in [3.05, 3.63) is 36.5 Å². The van der Waals surface area contributed by atoms with E-state index in [0.29, 0.717) is 19.3 Å². The van der Waals surface area contributed by atoms with Crippen LogP contribution in [0.3, 0.4) is 0 Å². The van der Waals surface area contributed by atoms with Gasteiger partial charge in [0, 0.05) is 6.42 Å². The summed E-state index contributed by atoms with van der Waals surface area (Å²) in [5.41, 5.74) is 0. The van der Waals surface area contributed by atoms with Crippen LogP contribution in [0.2, 0.25) is 0 Å². The molecular weight excluding hydrogens is 1050 g/mol. The van der Waals surface area contributed by atoms with Gasteiger partial charge in [0.15, 0.2) is 12.4 Å². The fourth-order valence-corrected chi connectivity index (χ4v) is 11.5. The summed E-state index contributed by atoms with van der Waals surface area (Å²) in [5, 5.41) is 57.2. The number of carbonyl (C=O) groups is 2. The summed E-state index contributed by atoms with van der Waals surface area (Å²) in [5.74, 6) is -1.18. The summed E-state index contributed by atoms with van der Waals surface area (Å²) < 4.78 is 17.7. The molecule has 0 aromatic rings. The quantitative estimate of drug-likeness (QED) is 0.0195. The summed E-state index contributed by atoms with van der Waals surface area (Å²) in [6.45, 7) is 5.83. The van der Waals surface area contributed by atoms with E-state index in [1.54, 1.807) is 6.08 Å². The zero-order valence-corrected chi connectivity index (χ0v) is 55.0. The highest BCUT2D eigenvalue weighted by molar-refractivity contribution is 5.80. The first kappa shape index (κ1) is 79.9. The molecule has 84 heavy (non-hydrogen) atoms. The Labute approximate surface area is 517 Å². The van der Waals surface area contributed by atoms with Gasteiger partial charge in [-0.05, 0) is 77.0 Å². The van der Waals surface area contributed by atoms with Crippen LogP contribution >= 0.6 is 0 Å². The zero-order valence-electron chi connectivity index (χ0n) is 55.0. The van der Waals surface area contributed by atoms with E-state index in [4.69, 9.17) is 14.2 Å². The molecule has 1 aliphatic rings. The number of hydrogen-bond donors (Lipinski definition) is 6. The maximum Gasteiger partial charge on any atom is 0.306 e. The van der Waals surface area contributed by atoms with Gasteiger partial charge in [0.1, 0.15) is 24.4 Å². The minimum Gasteiger partial charge on any atom is -0.454 e. The Balaban J connectivity index is 2.54. The molecule has 0 spiro atoms.